The van der Waals surface area contributed by atoms with Crippen molar-refractivity contribution in [1.29, 1.82) is 0 Å². The lowest BCUT2D eigenvalue weighted by atomic mass is 10.1. The van der Waals surface area contributed by atoms with Crippen LogP contribution in [-0.4, -0.2) is 28.0 Å². The number of carbonyl (C=O) groups is 2. The molecule has 0 radical (unpaired) electrons. The lowest BCUT2D eigenvalue weighted by Gasteiger charge is -2.03. The quantitative estimate of drug-likeness (QED) is 0.858. The fraction of sp³-hybridized carbons (Fsp3) is 0.286. The number of fused-ring (bicyclic) bond motifs is 1. The number of carboxylic acids is 1. The lowest BCUT2D eigenvalue weighted by Crippen LogP contribution is -2.09. The number of hydrogen-bond donors (Lipinski definition) is 1. The van der Waals surface area contributed by atoms with Gasteiger partial charge in [-0.15, -0.1) is 0 Å². The van der Waals surface area contributed by atoms with Crippen molar-refractivity contribution in [3.63, 3.8) is 0 Å². The summed E-state index contributed by atoms with van der Waals surface area (Å²) >= 11 is 0. The van der Waals surface area contributed by atoms with E-state index in [1.54, 1.807) is 25.2 Å². The molecule has 0 fully saturated rings. The summed E-state index contributed by atoms with van der Waals surface area (Å²) in [5, 5.41) is 9.87. The first-order valence-electron chi connectivity index (χ1n) is 5.96. The first-order valence-corrected chi connectivity index (χ1v) is 5.96. The Morgan fingerprint density at radius 2 is 2.05 bits per heavy atom. The van der Waals surface area contributed by atoms with Gasteiger partial charge in [-0.2, -0.15) is 0 Å². The Bertz CT molecular complexity index is 670. The van der Waals surface area contributed by atoms with Crippen LogP contribution in [0.15, 0.2) is 18.2 Å². The van der Waals surface area contributed by atoms with Gasteiger partial charge in [-0.25, -0.2) is 4.79 Å². The zero-order valence-electron chi connectivity index (χ0n) is 11.1. The molecular formula is C14H15NO4. The number of benzene rings is 1. The second kappa shape index (κ2) is 4.76. The van der Waals surface area contributed by atoms with Gasteiger partial charge < -0.3 is 14.4 Å². The third kappa shape index (κ3) is 2.07. The van der Waals surface area contributed by atoms with Crippen molar-refractivity contribution < 1.29 is 19.4 Å². The number of aromatic nitrogens is 1. The molecule has 5 heteroatoms. The molecule has 0 amide bonds. The largest absolute Gasteiger partial charge is 0.494 e. The molecule has 1 aromatic carbocycles. The first-order chi connectivity index (χ1) is 8.97. The maximum Gasteiger partial charge on any atom is 0.353 e. The fourth-order valence-corrected chi connectivity index (χ4v) is 2.29. The van der Waals surface area contributed by atoms with Gasteiger partial charge >= 0.3 is 5.97 Å². The summed E-state index contributed by atoms with van der Waals surface area (Å²) in [6.07, 6.45) is 0. The van der Waals surface area contributed by atoms with Gasteiger partial charge in [0.2, 0.25) is 0 Å². The normalized spacial score (nSPS) is 10.7. The number of nitrogens with zero attached hydrogens (tertiary/aromatic N) is 1. The standard InChI is InChI=1S/C14H15NO4/c1-4-19-9-5-6-11-10(7-9)12(8(2)16)13(14(17)18)15(11)3/h5-7H,4H2,1-3H3,(H,17,18). The van der Waals surface area contributed by atoms with Gasteiger partial charge in [-0.3, -0.25) is 4.79 Å². The minimum atomic E-state index is -1.11. The van der Waals surface area contributed by atoms with Crippen LogP contribution in [0.2, 0.25) is 0 Å². The molecule has 0 bridgehead atoms. The molecule has 1 heterocycles. The molecule has 19 heavy (non-hydrogen) atoms. The Kier molecular flexibility index (Phi) is 3.29. The van der Waals surface area contributed by atoms with E-state index in [2.05, 4.69) is 0 Å². The number of carbonyl (C=O) groups excluding carboxylic acids is 1. The van der Waals surface area contributed by atoms with E-state index < -0.39 is 5.97 Å². The average molecular weight is 261 g/mol. The Morgan fingerprint density at radius 3 is 2.58 bits per heavy atom. The summed E-state index contributed by atoms with van der Waals surface area (Å²) in [5.74, 6) is -0.751. The zero-order valence-corrected chi connectivity index (χ0v) is 11.1. The van der Waals surface area contributed by atoms with Gasteiger partial charge in [0.05, 0.1) is 12.2 Å². The van der Waals surface area contributed by atoms with Crippen LogP contribution in [0.1, 0.15) is 34.7 Å². The molecule has 0 saturated heterocycles. The molecule has 0 aliphatic rings. The molecular weight excluding hydrogens is 246 g/mol. The summed E-state index contributed by atoms with van der Waals surface area (Å²) in [5.41, 5.74) is 0.939. The molecule has 1 aromatic heterocycles. The molecule has 2 aromatic rings. The highest BCUT2D eigenvalue weighted by atomic mass is 16.5. The number of aromatic carboxylic acids is 1. The van der Waals surface area contributed by atoms with Gasteiger partial charge in [0.15, 0.2) is 5.78 Å². The van der Waals surface area contributed by atoms with Gasteiger partial charge in [-0.05, 0) is 32.0 Å². The minimum absolute atomic E-state index is 0.0103. The van der Waals surface area contributed by atoms with Gasteiger partial charge in [0.1, 0.15) is 11.4 Å². The predicted octanol–water partition coefficient (Wildman–Crippen LogP) is 2.48. The summed E-state index contributed by atoms with van der Waals surface area (Å²) in [7, 11) is 1.64. The van der Waals surface area contributed by atoms with Crippen molar-refractivity contribution in [3.8, 4) is 5.75 Å². The van der Waals surface area contributed by atoms with Crippen molar-refractivity contribution in [2.45, 2.75) is 13.8 Å². The summed E-state index contributed by atoms with van der Waals surface area (Å²) in [6.45, 7) is 3.75. The number of Topliss-reactive ketones (excluding diaryl/α,β-unsaturated/α-hetero) is 1. The molecule has 2 rings (SSSR count). The first kappa shape index (κ1) is 13.1. The highest BCUT2D eigenvalue weighted by Gasteiger charge is 2.23. The predicted molar refractivity (Wildman–Crippen MR) is 71.1 cm³/mol. The van der Waals surface area contributed by atoms with E-state index in [0.717, 1.165) is 0 Å². The maximum atomic E-state index is 11.7. The number of ether oxygens (including phenoxy) is 1. The number of hydrogen-bond acceptors (Lipinski definition) is 3. The molecule has 0 aliphatic carbocycles. The van der Waals surface area contributed by atoms with Crippen molar-refractivity contribution in [2.75, 3.05) is 6.61 Å². The van der Waals surface area contributed by atoms with Gasteiger partial charge in [0, 0.05) is 18.0 Å². The zero-order chi connectivity index (χ0) is 14.2. The second-order valence-electron chi connectivity index (χ2n) is 4.26. The highest BCUT2D eigenvalue weighted by molar-refractivity contribution is 6.14. The van der Waals surface area contributed by atoms with Crippen LogP contribution in [0.25, 0.3) is 10.9 Å². The molecule has 0 spiro atoms. The van der Waals surface area contributed by atoms with Crippen LogP contribution in [0.4, 0.5) is 0 Å². The minimum Gasteiger partial charge on any atom is -0.494 e. The highest BCUT2D eigenvalue weighted by Crippen LogP contribution is 2.29. The van der Waals surface area contributed by atoms with E-state index in [0.29, 0.717) is 23.3 Å². The van der Waals surface area contributed by atoms with Crippen molar-refractivity contribution in [2.24, 2.45) is 7.05 Å². The van der Waals surface area contributed by atoms with Crippen LogP contribution in [0.5, 0.6) is 5.75 Å². The van der Waals surface area contributed by atoms with E-state index in [4.69, 9.17) is 4.74 Å². The Morgan fingerprint density at radius 1 is 1.37 bits per heavy atom. The topological polar surface area (TPSA) is 68.5 Å². The summed E-state index contributed by atoms with van der Waals surface area (Å²) in [6, 6.07) is 5.24. The molecule has 100 valence electrons. The van der Waals surface area contributed by atoms with Crippen LogP contribution >= 0.6 is 0 Å². The number of carboxylic acid groups (broad SMARTS) is 1. The molecule has 5 nitrogen and oxygen atoms in total. The second-order valence-corrected chi connectivity index (χ2v) is 4.26. The van der Waals surface area contributed by atoms with Gasteiger partial charge in [0.25, 0.3) is 0 Å². The SMILES string of the molecule is CCOc1ccc2c(c1)c(C(C)=O)c(C(=O)O)n2C. The fourth-order valence-electron chi connectivity index (χ4n) is 2.29. The molecule has 0 saturated carbocycles. The monoisotopic (exact) mass is 261 g/mol. The average Bonchev–Trinajstić information content (AvgIpc) is 2.63. The summed E-state index contributed by atoms with van der Waals surface area (Å²) in [4.78, 5) is 23.1. The van der Waals surface area contributed by atoms with Gasteiger partial charge in [-0.1, -0.05) is 0 Å². The van der Waals surface area contributed by atoms with Crippen molar-refractivity contribution in [3.05, 3.63) is 29.5 Å². The van der Waals surface area contributed by atoms with Crippen LogP contribution < -0.4 is 4.74 Å². The molecule has 0 aliphatic heterocycles. The maximum absolute atomic E-state index is 11.7. The van der Waals surface area contributed by atoms with E-state index in [1.165, 1.54) is 11.5 Å². The van der Waals surface area contributed by atoms with Crippen molar-refractivity contribution in [1.82, 2.24) is 4.57 Å². The summed E-state index contributed by atoms with van der Waals surface area (Å²) < 4.78 is 6.91. The molecule has 0 unspecified atom stereocenters. The lowest BCUT2D eigenvalue weighted by molar-refractivity contribution is 0.0682. The van der Waals surface area contributed by atoms with E-state index in [1.807, 2.05) is 6.92 Å². The van der Waals surface area contributed by atoms with Crippen molar-refractivity contribution >= 4 is 22.7 Å². The number of rotatable bonds is 4. The van der Waals surface area contributed by atoms with Crippen LogP contribution in [0.3, 0.4) is 0 Å². The Balaban J connectivity index is 2.82. The number of aryl methyl sites for hydroxylation is 1. The third-order valence-electron chi connectivity index (χ3n) is 3.04. The Labute approximate surface area is 110 Å². The Hall–Kier alpha value is -2.30. The third-order valence-corrected chi connectivity index (χ3v) is 3.04. The number of ketones is 1. The smallest absolute Gasteiger partial charge is 0.353 e. The van der Waals surface area contributed by atoms with Crippen LogP contribution in [-0.2, 0) is 7.05 Å². The molecule has 0 atom stereocenters. The van der Waals surface area contributed by atoms with E-state index in [9.17, 15) is 14.7 Å². The van der Waals surface area contributed by atoms with E-state index in [-0.39, 0.29) is 17.0 Å². The van der Waals surface area contributed by atoms with E-state index >= 15 is 0 Å². The molecule has 1 N–H and O–H groups in total. The van der Waals surface area contributed by atoms with Crippen LogP contribution in [0, 0.1) is 0 Å².